The quantitative estimate of drug-likeness (QED) is 0.564. The molecule has 2 unspecified atom stereocenters. The fraction of sp³-hybridized carbons (Fsp3) is 0.857. The highest BCUT2D eigenvalue weighted by molar-refractivity contribution is 5.80. The highest BCUT2D eigenvalue weighted by Gasteiger charge is 2.24. The topological polar surface area (TPSA) is 55.1 Å². The van der Waals surface area contributed by atoms with Crippen molar-refractivity contribution in [2.75, 3.05) is 6.54 Å². The molecule has 3 N–H and O–H groups in total. The minimum atomic E-state index is 0.147. The molecule has 0 aromatic heterocycles. The number of nitrogens with two attached hydrogens (primary N) is 1. The van der Waals surface area contributed by atoms with Crippen molar-refractivity contribution in [2.45, 2.75) is 25.8 Å². The molecule has 0 saturated carbocycles. The standard InChI is InChI=1S/C7H14N2O/c1-5(8)4-6-2-3-9-7(6)10/h5-6H,2-4,8H2,1H3,(H,9,10). The average Bonchev–Trinajstić information content (AvgIpc) is 2.15. The van der Waals surface area contributed by atoms with Gasteiger partial charge >= 0.3 is 0 Å². The lowest BCUT2D eigenvalue weighted by Gasteiger charge is -2.08. The van der Waals surface area contributed by atoms with Gasteiger partial charge in [-0.05, 0) is 19.8 Å². The Morgan fingerprint density at radius 1 is 1.90 bits per heavy atom. The first-order valence-corrected chi connectivity index (χ1v) is 3.73. The van der Waals surface area contributed by atoms with Crippen molar-refractivity contribution in [1.82, 2.24) is 5.32 Å². The maximum absolute atomic E-state index is 10.9. The zero-order valence-corrected chi connectivity index (χ0v) is 6.26. The van der Waals surface area contributed by atoms with Gasteiger partial charge in [-0.1, -0.05) is 0 Å². The van der Waals surface area contributed by atoms with Crippen molar-refractivity contribution in [1.29, 1.82) is 0 Å². The monoisotopic (exact) mass is 142 g/mol. The zero-order chi connectivity index (χ0) is 7.56. The molecule has 1 aliphatic heterocycles. The number of carbonyl (C=O) groups is 1. The van der Waals surface area contributed by atoms with Crippen LogP contribution in [0.15, 0.2) is 0 Å². The fourth-order valence-electron chi connectivity index (χ4n) is 1.32. The van der Waals surface area contributed by atoms with Crippen LogP contribution >= 0.6 is 0 Å². The van der Waals surface area contributed by atoms with Crippen LogP contribution in [0.5, 0.6) is 0 Å². The zero-order valence-electron chi connectivity index (χ0n) is 6.26. The van der Waals surface area contributed by atoms with Crippen molar-refractivity contribution in [3.05, 3.63) is 0 Å². The summed E-state index contributed by atoms with van der Waals surface area (Å²) in [5.74, 6) is 0.359. The van der Waals surface area contributed by atoms with Crippen LogP contribution in [-0.4, -0.2) is 18.5 Å². The summed E-state index contributed by atoms with van der Waals surface area (Å²) in [6, 6.07) is 0.147. The van der Waals surface area contributed by atoms with Gasteiger partial charge in [-0.15, -0.1) is 0 Å². The second kappa shape index (κ2) is 3.01. The van der Waals surface area contributed by atoms with Crippen LogP contribution < -0.4 is 11.1 Å². The first-order valence-electron chi connectivity index (χ1n) is 3.73. The lowest BCUT2D eigenvalue weighted by atomic mass is 10.0. The predicted molar refractivity (Wildman–Crippen MR) is 39.4 cm³/mol. The molecule has 0 bridgehead atoms. The molecule has 1 amide bonds. The summed E-state index contributed by atoms with van der Waals surface area (Å²) in [5.41, 5.74) is 5.55. The number of hydrogen-bond acceptors (Lipinski definition) is 2. The Hall–Kier alpha value is -0.570. The van der Waals surface area contributed by atoms with E-state index in [-0.39, 0.29) is 17.9 Å². The number of nitrogens with one attached hydrogen (secondary N) is 1. The van der Waals surface area contributed by atoms with Crippen LogP contribution in [0, 0.1) is 5.92 Å². The molecule has 1 aliphatic rings. The summed E-state index contributed by atoms with van der Waals surface area (Å²) >= 11 is 0. The number of rotatable bonds is 2. The predicted octanol–water partition coefficient (Wildman–Crippen LogP) is -0.140. The van der Waals surface area contributed by atoms with Gasteiger partial charge in [0.15, 0.2) is 0 Å². The molecule has 1 saturated heterocycles. The molecule has 1 heterocycles. The van der Waals surface area contributed by atoms with E-state index < -0.39 is 0 Å². The lowest BCUT2D eigenvalue weighted by Crippen LogP contribution is -2.25. The Bertz CT molecular complexity index is 134. The molecule has 0 spiro atoms. The van der Waals surface area contributed by atoms with Gasteiger partial charge in [0.25, 0.3) is 0 Å². The first kappa shape index (κ1) is 7.54. The molecule has 58 valence electrons. The van der Waals surface area contributed by atoms with E-state index in [1.165, 1.54) is 0 Å². The fourth-order valence-corrected chi connectivity index (χ4v) is 1.32. The molecular weight excluding hydrogens is 128 g/mol. The van der Waals surface area contributed by atoms with Gasteiger partial charge in [0.1, 0.15) is 0 Å². The van der Waals surface area contributed by atoms with Crippen molar-refractivity contribution >= 4 is 5.91 Å². The summed E-state index contributed by atoms with van der Waals surface area (Å²) in [6.45, 7) is 2.77. The summed E-state index contributed by atoms with van der Waals surface area (Å²) in [4.78, 5) is 10.9. The van der Waals surface area contributed by atoms with E-state index in [1.807, 2.05) is 6.92 Å². The number of hydrogen-bond donors (Lipinski definition) is 2. The second-order valence-electron chi connectivity index (χ2n) is 2.99. The Balaban J connectivity index is 2.33. The largest absolute Gasteiger partial charge is 0.356 e. The van der Waals surface area contributed by atoms with Crippen molar-refractivity contribution in [3.63, 3.8) is 0 Å². The van der Waals surface area contributed by atoms with Crippen LogP contribution in [-0.2, 0) is 4.79 Å². The van der Waals surface area contributed by atoms with Gasteiger partial charge in [-0.3, -0.25) is 4.79 Å². The molecule has 0 aromatic carbocycles. The minimum absolute atomic E-state index is 0.147. The van der Waals surface area contributed by atoms with Crippen molar-refractivity contribution in [2.24, 2.45) is 11.7 Å². The summed E-state index contributed by atoms with van der Waals surface area (Å²) in [6.07, 6.45) is 1.78. The van der Waals surface area contributed by atoms with E-state index in [0.29, 0.717) is 0 Å². The first-order chi connectivity index (χ1) is 4.70. The molecular formula is C7H14N2O. The van der Waals surface area contributed by atoms with Crippen molar-refractivity contribution in [3.8, 4) is 0 Å². The van der Waals surface area contributed by atoms with Gasteiger partial charge in [-0.25, -0.2) is 0 Å². The van der Waals surface area contributed by atoms with E-state index in [9.17, 15) is 4.79 Å². The average molecular weight is 142 g/mol. The van der Waals surface area contributed by atoms with Gasteiger partial charge in [0.2, 0.25) is 5.91 Å². The Morgan fingerprint density at radius 2 is 2.60 bits per heavy atom. The van der Waals surface area contributed by atoms with Gasteiger partial charge < -0.3 is 11.1 Å². The SMILES string of the molecule is CC(N)CC1CCNC1=O. The molecule has 2 atom stereocenters. The lowest BCUT2D eigenvalue weighted by molar-refractivity contribution is -0.122. The highest BCUT2D eigenvalue weighted by Crippen LogP contribution is 2.14. The van der Waals surface area contributed by atoms with Crippen molar-refractivity contribution < 1.29 is 4.79 Å². The smallest absolute Gasteiger partial charge is 0.223 e. The molecule has 10 heavy (non-hydrogen) atoms. The molecule has 0 aliphatic carbocycles. The molecule has 0 aromatic rings. The molecule has 3 nitrogen and oxygen atoms in total. The molecule has 3 heteroatoms. The molecule has 0 radical (unpaired) electrons. The van der Waals surface area contributed by atoms with Gasteiger partial charge in [0.05, 0.1) is 0 Å². The Labute approximate surface area is 61.0 Å². The third-order valence-corrected chi connectivity index (χ3v) is 1.82. The normalized spacial score (nSPS) is 28.2. The number of amides is 1. The van der Waals surface area contributed by atoms with Crippen LogP contribution in [0.3, 0.4) is 0 Å². The third-order valence-electron chi connectivity index (χ3n) is 1.82. The van der Waals surface area contributed by atoms with Crippen LogP contribution in [0.2, 0.25) is 0 Å². The van der Waals surface area contributed by atoms with Crippen LogP contribution in [0.4, 0.5) is 0 Å². The third kappa shape index (κ3) is 1.70. The maximum Gasteiger partial charge on any atom is 0.223 e. The van der Waals surface area contributed by atoms with E-state index in [1.54, 1.807) is 0 Å². The summed E-state index contributed by atoms with van der Waals surface area (Å²) < 4.78 is 0. The van der Waals surface area contributed by atoms with E-state index in [0.717, 1.165) is 19.4 Å². The molecule has 1 rings (SSSR count). The minimum Gasteiger partial charge on any atom is -0.356 e. The number of carbonyl (C=O) groups excluding carboxylic acids is 1. The second-order valence-corrected chi connectivity index (χ2v) is 2.99. The summed E-state index contributed by atoms with van der Waals surface area (Å²) in [5, 5.41) is 2.78. The maximum atomic E-state index is 10.9. The van der Waals surface area contributed by atoms with Gasteiger partial charge in [-0.2, -0.15) is 0 Å². The van der Waals surface area contributed by atoms with E-state index in [2.05, 4.69) is 5.32 Å². The highest BCUT2D eigenvalue weighted by atomic mass is 16.2. The molecule has 1 fully saturated rings. The Morgan fingerprint density at radius 3 is 3.00 bits per heavy atom. The van der Waals surface area contributed by atoms with Crippen LogP contribution in [0.1, 0.15) is 19.8 Å². The van der Waals surface area contributed by atoms with Gasteiger partial charge in [0, 0.05) is 18.5 Å². The van der Waals surface area contributed by atoms with Crippen LogP contribution in [0.25, 0.3) is 0 Å². The van der Waals surface area contributed by atoms with E-state index in [4.69, 9.17) is 5.73 Å². The summed E-state index contributed by atoms with van der Waals surface area (Å²) in [7, 11) is 0. The van der Waals surface area contributed by atoms with E-state index >= 15 is 0 Å². The Kier molecular flexibility index (Phi) is 2.27.